The molecule has 0 saturated carbocycles. The van der Waals surface area contributed by atoms with Gasteiger partial charge < -0.3 is 9.80 Å². The van der Waals surface area contributed by atoms with Crippen LogP contribution in [0.1, 0.15) is 0 Å². The fraction of sp³-hybridized carbons (Fsp3) is 0.278. The number of carbonyl (C=O) groups excluding carboxylic acids is 1. The highest BCUT2D eigenvalue weighted by Crippen LogP contribution is 2.26. The Morgan fingerprint density at radius 2 is 1.83 bits per heavy atom. The second kappa shape index (κ2) is 8.66. The van der Waals surface area contributed by atoms with Crippen LogP contribution >= 0.6 is 35.0 Å². The Morgan fingerprint density at radius 1 is 1.13 bits per heavy atom. The van der Waals surface area contributed by atoms with E-state index in [1.807, 2.05) is 0 Å². The molecule has 1 fully saturated rings. The third-order valence-corrected chi connectivity index (χ3v) is 6.19. The molecule has 4 rings (SSSR count). The lowest BCUT2D eigenvalue weighted by molar-refractivity contribution is -0.384. The molecule has 0 atom stereocenters. The van der Waals surface area contributed by atoms with E-state index in [1.54, 1.807) is 33.7 Å². The number of fused-ring (bicyclic) bond motifs is 1. The average molecular weight is 467 g/mol. The van der Waals surface area contributed by atoms with Gasteiger partial charge in [0, 0.05) is 50.2 Å². The highest BCUT2D eigenvalue weighted by molar-refractivity contribution is 7.99. The number of nitro benzene ring substituents is 1. The molecule has 1 aliphatic rings. The third kappa shape index (κ3) is 4.30. The first kappa shape index (κ1) is 20.7. The summed E-state index contributed by atoms with van der Waals surface area (Å²) in [6, 6.07) is 8.04. The second-order valence-electron chi connectivity index (χ2n) is 6.61. The van der Waals surface area contributed by atoms with E-state index in [1.165, 1.54) is 23.9 Å². The van der Waals surface area contributed by atoms with Crippen molar-refractivity contribution in [3.8, 4) is 0 Å². The maximum atomic E-state index is 12.6. The van der Waals surface area contributed by atoms with Crippen LogP contribution in [0.5, 0.6) is 0 Å². The highest BCUT2D eigenvalue weighted by atomic mass is 35.5. The molecule has 0 aliphatic carbocycles. The average Bonchev–Trinajstić information content (AvgIpc) is 3.15. The van der Waals surface area contributed by atoms with Gasteiger partial charge in [0.05, 0.1) is 20.7 Å². The number of hydrogen-bond donors (Lipinski definition) is 0. The number of rotatable bonds is 5. The van der Waals surface area contributed by atoms with Gasteiger partial charge >= 0.3 is 0 Å². The Morgan fingerprint density at radius 3 is 2.50 bits per heavy atom. The summed E-state index contributed by atoms with van der Waals surface area (Å²) in [5.74, 6) is 0.232. The van der Waals surface area contributed by atoms with Gasteiger partial charge in [-0.3, -0.25) is 19.3 Å². The molecule has 3 heterocycles. The summed E-state index contributed by atoms with van der Waals surface area (Å²) in [6.45, 7) is 2.48. The molecule has 0 unspecified atom stereocenters. The van der Waals surface area contributed by atoms with Crippen molar-refractivity contribution in [1.29, 1.82) is 0 Å². The van der Waals surface area contributed by atoms with Gasteiger partial charge in [0.1, 0.15) is 0 Å². The van der Waals surface area contributed by atoms with Crippen molar-refractivity contribution >= 4 is 57.9 Å². The number of thioether (sulfide) groups is 1. The zero-order valence-electron chi connectivity index (χ0n) is 15.6. The first-order valence-electron chi connectivity index (χ1n) is 9.02. The minimum absolute atomic E-state index is 0.00762. The quantitative estimate of drug-likeness (QED) is 0.322. The van der Waals surface area contributed by atoms with Gasteiger partial charge in [-0.1, -0.05) is 35.0 Å². The normalized spacial score (nSPS) is 14.3. The molecule has 1 aromatic carbocycles. The predicted octanol–water partition coefficient (Wildman–Crippen LogP) is 3.39. The van der Waals surface area contributed by atoms with Crippen LogP contribution in [0.2, 0.25) is 10.0 Å². The molecule has 2 aromatic heterocycles. The fourth-order valence-corrected chi connectivity index (χ4v) is 4.54. The van der Waals surface area contributed by atoms with Crippen molar-refractivity contribution in [1.82, 2.24) is 19.5 Å². The Bertz CT molecular complexity index is 1100. The summed E-state index contributed by atoms with van der Waals surface area (Å²) < 4.78 is 1.68. The van der Waals surface area contributed by atoms with Crippen molar-refractivity contribution in [2.45, 2.75) is 5.16 Å². The molecule has 1 saturated heterocycles. The molecule has 12 heteroatoms. The molecule has 3 aromatic rings. The molecule has 0 radical (unpaired) electrons. The number of hydrogen-bond acceptors (Lipinski definition) is 7. The van der Waals surface area contributed by atoms with Crippen LogP contribution in [0.4, 0.5) is 11.4 Å². The number of carbonyl (C=O) groups is 1. The summed E-state index contributed by atoms with van der Waals surface area (Å²) in [5, 5.41) is 20.3. The number of pyridine rings is 1. The van der Waals surface area contributed by atoms with Crippen molar-refractivity contribution in [3.63, 3.8) is 0 Å². The lowest BCUT2D eigenvalue weighted by atomic mass is 10.2. The number of piperazine rings is 1. The van der Waals surface area contributed by atoms with Gasteiger partial charge in [-0.2, -0.15) is 0 Å². The van der Waals surface area contributed by atoms with Crippen LogP contribution in [-0.2, 0) is 4.79 Å². The van der Waals surface area contributed by atoms with Gasteiger partial charge in [0.2, 0.25) is 5.91 Å². The summed E-state index contributed by atoms with van der Waals surface area (Å²) >= 11 is 13.4. The zero-order chi connectivity index (χ0) is 21.3. The lowest BCUT2D eigenvalue weighted by Crippen LogP contribution is -2.49. The maximum Gasteiger partial charge on any atom is 0.269 e. The molecular weight excluding hydrogens is 451 g/mol. The van der Waals surface area contributed by atoms with E-state index in [4.69, 9.17) is 23.2 Å². The van der Waals surface area contributed by atoms with Gasteiger partial charge in [0.25, 0.3) is 5.69 Å². The molecular formula is C18H16Cl2N6O3S. The highest BCUT2D eigenvalue weighted by Gasteiger charge is 2.22. The molecule has 9 nitrogen and oxygen atoms in total. The van der Waals surface area contributed by atoms with Crippen LogP contribution in [0.15, 0.2) is 41.7 Å². The van der Waals surface area contributed by atoms with Gasteiger partial charge in [-0.25, -0.2) is 0 Å². The van der Waals surface area contributed by atoms with E-state index in [0.29, 0.717) is 47.0 Å². The van der Waals surface area contributed by atoms with E-state index < -0.39 is 4.92 Å². The Labute approximate surface area is 185 Å². The van der Waals surface area contributed by atoms with E-state index in [2.05, 4.69) is 15.1 Å². The van der Waals surface area contributed by atoms with Crippen LogP contribution in [0.3, 0.4) is 0 Å². The SMILES string of the molecule is O=C(CSc1nnc2c(Cl)cc(Cl)cn12)N1CCN(c2ccc([N+](=O)[O-])cc2)CC1. The molecule has 0 bridgehead atoms. The van der Waals surface area contributed by atoms with E-state index in [-0.39, 0.29) is 17.3 Å². The van der Waals surface area contributed by atoms with Gasteiger partial charge in [0.15, 0.2) is 10.8 Å². The number of anilines is 1. The molecule has 156 valence electrons. The largest absolute Gasteiger partial charge is 0.368 e. The summed E-state index contributed by atoms with van der Waals surface area (Å²) in [6.07, 6.45) is 1.67. The molecule has 30 heavy (non-hydrogen) atoms. The van der Waals surface area contributed by atoms with Crippen LogP contribution in [-0.4, -0.2) is 62.3 Å². The van der Waals surface area contributed by atoms with Gasteiger partial charge in [-0.15, -0.1) is 10.2 Å². The van der Waals surface area contributed by atoms with Gasteiger partial charge in [-0.05, 0) is 18.2 Å². The Kier molecular flexibility index (Phi) is 5.98. The standard InChI is InChI=1S/C18H16Cl2N6O3S/c19-12-9-15(20)17-21-22-18(25(17)10-12)30-11-16(27)24-7-5-23(6-8-24)13-1-3-14(4-2-13)26(28)29/h1-4,9-10H,5-8,11H2. The summed E-state index contributed by atoms with van der Waals surface area (Å²) in [7, 11) is 0. The summed E-state index contributed by atoms with van der Waals surface area (Å²) in [5.41, 5.74) is 1.46. The van der Waals surface area contributed by atoms with E-state index >= 15 is 0 Å². The predicted molar refractivity (Wildman–Crippen MR) is 116 cm³/mol. The number of benzene rings is 1. The first-order valence-corrected chi connectivity index (χ1v) is 10.8. The van der Waals surface area contributed by atoms with Crippen molar-refractivity contribution in [3.05, 3.63) is 56.7 Å². The fourth-order valence-electron chi connectivity index (χ4n) is 3.22. The van der Waals surface area contributed by atoms with Crippen LogP contribution < -0.4 is 4.90 Å². The number of halogens is 2. The van der Waals surface area contributed by atoms with Crippen LogP contribution in [0.25, 0.3) is 5.65 Å². The molecule has 0 spiro atoms. The van der Waals surface area contributed by atoms with Crippen molar-refractivity contribution in [2.75, 3.05) is 36.8 Å². The maximum absolute atomic E-state index is 12.6. The second-order valence-corrected chi connectivity index (χ2v) is 8.40. The molecule has 1 aliphatic heterocycles. The Hall–Kier alpha value is -2.56. The molecule has 0 N–H and O–H groups in total. The van der Waals surface area contributed by atoms with Crippen LogP contribution in [0, 0.1) is 10.1 Å². The minimum Gasteiger partial charge on any atom is -0.368 e. The number of nitro groups is 1. The first-order chi connectivity index (χ1) is 14.4. The number of nitrogens with zero attached hydrogens (tertiary/aromatic N) is 6. The summed E-state index contributed by atoms with van der Waals surface area (Å²) in [4.78, 5) is 26.9. The number of non-ortho nitro benzene ring substituents is 1. The number of amides is 1. The smallest absolute Gasteiger partial charge is 0.269 e. The van der Waals surface area contributed by atoms with Crippen molar-refractivity contribution < 1.29 is 9.72 Å². The van der Waals surface area contributed by atoms with Crippen molar-refractivity contribution in [2.24, 2.45) is 0 Å². The lowest BCUT2D eigenvalue weighted by Gasteiger charge is -2.36. The minimum atomic E-state index is -0.418. The number of aromatic nitrogens is 3. The van der Waals surface area contributed by atoms with E-state index in [0.717, 1.165) is 5.69 Å². The monoisotopic (exact) mass is 466 g/mol. The zero-order valence-corrected chi connectivity index (χ0v) is 17.9. The topological polar surface area (TPSA) is 96.9 Å². The molecule has 1 amide bonds. The van der Waals surface area contributed by atoms with E-state index in [9.17, 15) is 14.9 Å². The third-order valence-electron chi connectivity index (χ3n) is 4.78. The Balaban J connectivity index is 1.33.